The molecule has 0 aliphatic carbocycles. The molecule has 1 aliphatic rings. The molecule has 15 heavy (non-hydrogen) atoms. The fourth-order valence-corrected chi connectivity index (χ4v) is 1.65. The zero-order valence-electron chi connectivity index (χ0n) is 9.36. The molecule has 0 unspecified atom stereocenters. The van der Waals surface area contributed by atoms with Crippen LogP contribution in [0.5, 0.6) is 0 Å². The Balaban J connectivity index is 1.91. The van der Waals surface area contributed by atoms with E-state index in [9.17, 15) is 0 Å². The van der Waals surface area contributed by atoms with Crippen molar-refractivity contribution in [1.82, 2.24) is 15.5 Å². The molecule has 0 spiro atoms. The van der Waals surface area contributed by atoms with E-state index in [2.05, 4.69) is 34.2 Å². The molecule has 0 aromatic carbocycles. The van der Waals surface area contributed by atoms with Crippen molar-refractivity contribution < 1.29 is 4.52 Å². The van der Waals surface area contributed by atoms with E-state index in [4.69, 9.17) is 4.52 Å². The van der Waals surface area contributed by atoms with E-state index < -0.39 is 0 Å². The minimum atomic E-state index is 0.437. The summed E-state index contributed by atoms with van der Waals surface area (Å²) in [6.07, 6.45) is 2.46. The third kappa shape index (κ3) is 2.68. The van der Waals surface area contributed by atoms with Gasteiger partial charge in [-0.25, -0.2) is 0 Å². The number of rotatable bonds is 4. The van der Waals surface area contributed by atoms with E-state index in [1.54, 1.807) is 0 Å². The molecule has 0 atom stereocenters. The second-order valence-electron chi connectivity index (χ2n) is 4.22. The lowest BCUT2D eigenvalue weighted by Crippen LogP contribution is -2.22. The molecular weight excluding hydrogens is 192 g/mol. The molecule has 1 N–H and O–H groups in total. The Morgan fingerprint density at radius 2 is 2.13 bits per heavy atom. The summed E-state index contributed by atoms with van der Waals surface area (Å²) >= 11 is 0. The summed E-state index contributed by atoms with van der Waals surface area (Å²) in [6.45, 7) is 6.95. The van der Waals surface area contributed by atoms with Crippen LogP contribution in [-0.4, -0.2) is 29.3 Å². The predicted molar refractivity (Wildman–Crippen MR) is 57.7 cm³/mol. The van der Waals surface area contributed by atoms with Crippen LogP contribution < -0.4 is 10.2 Å². The van der Waals surface area contributed by atoms with Gasteiger partial charge in [-0.1, -0.05) is 13.8 Å². The van der Waals surface area contributed by atoms with Crippen molar-refractivity contribution in [3.63, 3.8) is 0 Å². The zero-order valence-corrected chi connectivity index (χ0v) is 9.36. The molecule has 2 heterocycles. The topological polar surface area (TPSA) is 54.2 Å². The summed E-state index contributed by atoms with van der Waals surface area (Å²) in [5.41, 5.74) is 0. The molecule has 5 heteroatoms. The molecule has 0 amide bonds. The van der Waals surface area contributed by atoms with Gasteiger partial charge in [0.2, 0.25) is 5.89 Å². The van der Waals surface area contributed by atoms with Crippen molar-refractivity contribution in [2.24, 2.45) is 0 Å². The molecule has 1 fully saturated rings. The van der Waals surface area contributed by atoms with Crippen LogP contribution in [0.15, 0.2) is 4.52 Å². The summed E-state index contributed by atoms with van der Waals surface area (Å²) < 4.78 is 5.16. The molecule has 0 radical (unpaired) electrons. The first kappa shape index (κ1) is 10.4. The zero-order chi connectivity index (χ0) is 10.7. The normalized spacial score (nSPS) is 16.6. The number of nitrogens with one attached hydrogen (secondary N) is 1. The second-order valence-corrected chi connectivity index (χ2v) is 4.22. The summed E-state index contributed by atoms with van der Waals surface area (Å²) in [5, 5.41) is 7.23. The average molecular weight is 210 g/mol. The average Bonchev–Trinajstić information content (AvgIpc) is 2.85. The van der Waals surface area contributed by atoms with E-state index in [-0.39, 0.29) is 0 Å². The van der Waals surface area contributed by atoms with Gasteiger partial charge in [0.05, 0.1) is 6.54 Å². The van der Waals surface area contributed by atoms with Gasteiger partial charge in [0.25, 0.3) is 5.95 Å². The van der Waals surface area contributed by atoms with Gasteiger partial charge < -0.3 is 14.7 Å². The monoisotopic (exact) mass is 210 g/mol. The van der Waals surface area contributed by atoms with Crippen LogP contribution in [0.2, 0.25) is 0 Å². The highest BCUT2D eigenvalue weighted by Crippen LogP contribution is 2.15. The van der Waals surface area contributed by atoms with Gasteiger partial charge in [-0.2, -0.15) is 4.98 Å². The molecule has 1 saturated heterocycles. The summed E-state index contributed by atoms with van der Waals surface area (Å²) in [7, 11) is 0. The van der Waals surface area contributed by atoms with Gasteiger partial charge in [0.1, 0.15) is 0 Å². The maximum absolute atomic E-state index is 5.16. The van der Waals surface area contributed by atoms with Crippen molar-refractivity contribution in [1.29, 1.82) is 0 Å². The number of anilines is 1. The molecule has 5 nitrogen and oxygen atoms in total. The van der Waals surface area contributed by atoms with Crippen molar-refractivity contribution in [2.75, 3.05) is 18.0 Å². The van der Waals surface area contributed by atoms with Crippen LogP contribution in [0.1, 0.15) is 32.6 Å². The summed E-state index contributed by atoms with van der Waals surface area (Å²) in [4.78, 5) is 6.52. The quantitative estimate of drug-likeness (QED) is 0.808. The Bertz CT molecular complexity index is 304. The lowest BCUT2D eigenvalue weighted by Gasteiger charge is -2.09. The lowest BCUT2D eigenvalue weighted by atomic mass is 10.4. The highest BCUT2D eigenvalue weighted by molar-refractivity contribution is 5.28. The largest absolute Gasteiger partial charge is 0.338 e. The van der Waals surface area contributed by atoms with Gasteiger partial charge in [-0.3, -0.25) is 0 Å². The molecular formula is C10H18N4O. The Labute approximate surface area is 89.8 Å². The fourth-order valence-electron chi connectivity index (χ4n) is 1.65. The molecule has 0 saturated carbocycles. The van der Waals surface area contributed by atoms with E-state index in [1.165, 1.54) is 12.8 Å². The minimum Gasteiger partial charge on any atom is -0.338 e. The van der Waals surface area contributed by atoms with Crippen LogP contribution in [0.4, 0.5) is 5.95 Å². The van der Waals surface area contributed by atoms with Crippen LogP contribution in [-0.2, 0) is 6.54 Å². The molecule has 1 aromatic rings. The first-order valence-electron chi connectivity index (χ1n) is 5.56. The maximum Gasteiger partial charge on any atom is 0.266 e. The first-order valence-corrected chi connectivity index (χ1v) is 5.56. The second kappa shape index (κ2) is 4.61. The molecule has 1 aliphatic heterocycles. The Hall–Kier alpha value is -1.10. The maximum atomic E-state index is 5.16. The molecule has 2 rings (SSSR count). The predicted octanol–water partition coefficient (Wildman–Crippen LogP) is 1.17. The van der Waals surface area contributed by atoms with Gasteiger partial charge in [0, 0.05) is 19.1 Å². The summed E-state index contributed by atoms with van der Waals surface area (Å²) in [6, 6.07) is 0.437. The van der Waals surface area contributed by atoms with Crippen LogP contribution in [0.25, 0.3) is 0 Å². The Kier molecular flexibility index (Phi) is 3.20. The van der Waals surface area contributed by atoms with Gasteiger partial charge in [-0.15, -0.1) is 0 Å². The lowest BCUT2D eigenvalue weighted by molar-refractivity contribution is 0.361. The van der Waals surface area contributed by atoms with Crippen LogP contribution in [0.3, 0.4) is 0 Å². The fraction of sp³-hybridized carbons (Fsp3) is 0.800. The third-order valence-electron chi connectivity index (χ3n) is 2.51. The van der Waals surface area contributed by atoms with Gasteiger partial charge in [0.15, 0.2) is 0 Å². The number of hydrogen-bond donors (Lipinski definition) is 1. The Morgan fingerprint density at radius 3 is 2.80 bits per heavy atom. The number of hydrogen-bond acceptors (Lipinski definition) is 5. The number of nitrogens with zero attached hydrogens (tertiary/aromatic N) is 3. The summed E-state index contributed by atoms with van der Waals surface area (Å²) in [5.74, 6) is 1.42. The van der Waals surface area contributed by atoms with E-state index in [0.29, 0.717) is 18.5 Å². The first-order chi connectivity index (χ1) is 7.25. The van der Waals surface area contributed by atoms with Crippen molar-refractivity contribution >= 4 is 5.95 Å². The third-order valence-corrected chi connectivity index (χ3v) is 2.51. The van der Waals surface area contributed by atoms with E-state index in [0.717, 1.165) is 19.0 Å². The molecule has 1 aromatic heterocycles. The SMILES string of the molecule is CC(C)NCc1nc(N2CCCC2)no1. The highest BCUT2D eigenvalue weighted by Gasteiger charge is 2.17. The van der Waals surface area contributed by atoms with Crippen molar-refractivity contribution in [3.8, 4) is 0 Å². The van der Waals surface area contributed by atoms with Crippen LogP contribution >= 0.6 is 0 Å². The van der Waals surface area contributed by atoms with Crippen LogP contribution in [0, 0.1) is 0 Å². The van der Waals surface area contributed by atoms with Crippen molar-refractivity contribution in [3.05, 3.63) is 5.89 Å². The smallest absolute Gasteiger partial charge is 0.266 e. The number of aromatic nitrogens is 2. The van der Waals surface area contributed by atoms with E-state index in [1.807, 2.05) is 0 Å². The Morgan fingerprint density at radius 1 is 1.40 bits per heavy atom. The molecule has 0 bridgehead atoms. The standard InChI is InChI=1S/C10H18N4O/c1-8(2)11-7-9-12-10(13-15-9)14-5-3-4-6-14/h8,11H,3-7H2,1-2H3. The molecule has 84 valence electrons. The highest BCUT2D eigenvalue weighted by atomic mass is 16.5. The van der Waals surface area contributed by atoms with E-state index >= 15 is 0 Å². The van der Waals surface area contributed by atoms with Crippen molar-refractivity contribution in [2.45, 2.75) is 39.3 Å². The van der Waals surface area contributed by atoms with Gasteiger partial charge >= 0.3 is 0 Å². The minimum absolute atomic E-state index is 0.437. The van der Waals surface area contributed by atoms with Gasteiger partial charge in [-0.05, 0) is 18.0 Å².